The van der Waals surface area contributed by atoms with E-state index in [0.29, 0.717) is 52.9 Å². The molecule has 5 amide bonds. The molecule has 18 nitrogen and oxygen atoms in total. The number of hydrogen-bond donors (Lipinski definition) is 5. The van der Waals surface area contributed by atoms with Gasteiger partial charge in [0.1, 0.15) is 41.1 Å². The number of Topliss-reactive ketones (excluding diaryl/α,β-unsaturated/α-hetero) is 3. The molecule has 0 aromatic heterocycles. The summed E-state index contributed by atoms with van der Waals surface area (Å²) in [6.07, 6.45) is 2.85. The molecule has 22 heteroatoms. The van der Waals surface area contributed by atoms with E-state index in [1.54, 1.807) is 53.0 Å². The SMILES string of the molecule is C=C(CBr)C(=O)CCCCCCC(=O)C[C@H](C(=O)N[C@@H](CCCNC(N)=O)C(=O)Cc1cc(Cl)c(NC(=O)O[C@H]2CC(=O)N(C)c3cc(cc(C)c3Cl)C/C(C)=C/C=C/[C@@H](OC)[C@]3(O)CC(=O)O[C@@H](C3)[C@@H](C)[C@@H]3O[C@@]23C)cc1F)C(C)C. The van der Waals surface area contributed by atoms with Gasteiger partial charge in [-0.3, -0.25) is 34.1 Å². The van der Waals surface area contributed by atoms with Crippen LogP contribution in [0.5, 0.6) is 0 Å². The zero-order valence-electron chi connectivity index (χ0n) is 48.1. The first-order chi connectivity index (χ1) is 38.6. The number of alkyl halides is 1. The molecule has 450 valence electrons. The Kier molecular flexibility index (Phi) is 24.9. The molecule has 3 aliphatic rings. The fraction of sp³-hybridized carbons (Fsp3) is 0.567. The third kappa shape index (κ3) is 18.5. The zero-order chi connectivity index (χ0) is 60.8. The summed E-state index contributed by atoms with van der Waals surface area (Å²) in [4.78, 5) is 107. The van der Waals surface area contributed by atoms with Crippen molar-refractivity contribution in [3.8, 4) is 0 Å². The van der Waals surface area contributed by atoms with Crippen LogP contribution >= 0.6 is 39.1 Å². The summed E-state index contributed by atoms with van der Waals surface area (Å²) < 4.78 is 40.0. The van der Waals surface area contributed by atoms with Gasteiger partial charge in [-0.05, 0) is 99.3 Å². The van der Waals surface area contributed by atoms with E-state index >= 15 is 4.39 Å². The minimum absolute atomic E-state index is 0.00101. The van der Waals surface area contributed by atoms with Crippen LogP contribution in [0.25, 0.3) is 0 Å². The number of rotatable bonds is 24. The first-order valence-electron chi connectivity index (χ1n) is 27.7. The average molecular weight is 1250 g/mol. The number of esters is 1. The van der Waals surface area contributed by atoms with E-state index in [2.05, 4.69) is 38.5 Å². The molecular weight excluding hydrogens is 1170 g/mol. The lowest BCUT2D eigenvalue weighted by Crippen LogP contribution is -2.53. The molecule has 2 fully saturated rings. The molecule has 0 radical (unpaired) electrons. The maximum Gasteiger partial charge on any atom is 0.412 e. The number of primary amides is 1. The van der Waals surface area contributed by atoms with Crippen LogP contribution in [0.4, 0.5) is 25.4 Å². The Bertz CT molecular complexity index is 2800. The lowest BCUT2D eigenvalue weighted by atomic mass is 9.78. The quantitative estimate of drug-likeness (QED) is 0.0216. The van der Waals surface area contributed by atoms with Crippen molar-refractivity contribution in [1.29, 1.82) is 0 Å². The summed E-state index contributed by atoms with van der Waals surface area (Å²) in [5.41, 5.74) is 5.18. The fourth-order valence-corrected chi connectivity index (χ4v) is 11.4. The molecule has 0 spiro atoms. The third-order valence-electron chi connectivity index (χ3n) is 15.6. The van der Waals surface area contributed by atoms with Crippen molar-refractivity contribution in [2.24, 2.45) is 23.5 Å². The van der Waals surface area contributed by atoms with Gasteiger partial charge in [0.25, 0.3) is 0 Å². The highest BCUT2D eigenvalue weighted by Gasteiger charge is 2.64. The Hall–Kier alpha value is -5.51. The maximum absolute atomic E-state index is 16.2. The number of anilines is 2. The number of carbonyl (C=O) groups is 8. The van der Waals surface area contributed by atoms with Crippen molar-refractivity contribution in [3.63, 3.8) is 0 Å². The van der Waals surface area contributed by atoms with Gasteiger partial charge in [0.05, 0.1) is 46.4 Å². The molecule has 82 heavy (non-hydrogen) atoms. The molecule has 9 atom stereocenters. The Morgan fingerprint density at radius 2 is 1.73 bits per heavy atom. The predicted octanol–water partition coefficient (Wildman–Crippen LogP) is 9.85. The number of aliphatic hydroxyl groups is 1. The molecule has 6 N–H and O–H groups in total. The first-order valence-corrected chi connectivity index (χ1v) is 29.6. The van der Waals surface area contributed by atoms with Gasteiger partial charge in [0, 0.05) is 70.0 Å². The lowest BCUT2D eigenvalue weighted by molar-refractivity contribution is -0.187. The third-order valence-corrected chi connectivity index (χ3v) is 17.1. The second-order valence-electron chi connectivity index (χ2n) is 22.5. The van der Waals surface area contributed by atoms with Crippen LogP contribution < -0.4 is 26.6 Å². The summed E-state index contributed by atoms with van der Waals surface area (Å²) in [6.45, 7) is 14.5. The standard InChI is InChI=1S/C60H79BrCl2FN5O13/c1-33(2)41(27-40(70)17-12-10-11-13-19-47(71)36(5)32-61)56(75)67-44(18-15-21-66-57(65)76)48(72)26-39-25-42(62)45(28-43(39)64)68-58(77)81-51-29-52(73)69(8)46-24-38(23-35(4)54(46)63)22-34(3)16-14-20-50(79-9)60(78)30-49(80-53(74)31-60)37(6)55-59(51,7)82-55/h14,16,20,23-25,28,33,37,41,44,49-51,55,78H,5,10-13,15,17-19,21-22,26-27,29-32H2,1-4,6-9H3,(H,67,75)(H,68,77)(H3,65,66,76)/b20-14+,34-16+/t37-,41+,44+,49+,50-,51+,55+,59+,60-/m1/s1. The second kappa shape index (κ2) is 30.3. The smallest absolute Gasteiger partial charge is 0.412 e. The van der Waals surface area contributed by atoms with Gasteiger partial charge >= 0.3 is 18.1 Å². The fourth-order valence-electron chi connectivity index (χ4n) is 10.6. The molecule has 2 saturated heterocycles. The van der Waals surface area contributed by atoms with Gasteiger partial charge in [0.2, 0.25) is 11.8 Å². The highest BCUT2D eigenvalue weighted by molar-refractivity contribution is 9.09. The van der Waals surface area contributed by atoms with Crippen LogP contribution in [0.2, 0.25) is 10.0 Å². The number of ketones is 3. The molecule has 2 aromatic carbocycles. The van der Waals surface area contributed by atoms with Crippen LogP contribution in [0.3, 0.4) is 0 Å². The average Bonchev–Trinajstić information content (AvgIpc) is 4.18. The summed E-state index contributed by atoms with van der Waals surface area (Å²) in [7, 11) is 2.98. The molecule has 4 bridgehead atoms. The number of halogens is 4. The van der Waals surface area contributed by atoms with Crippen LogP contribution in [0.1, 0.15) is 128 Å². The Morgan fingerprint density at radius 1 is 1.04 bits per heavy atom. The van der Waals surface area contributed by atoms with Gasteiger partial charge in [0.15, 0.2) is 11.6 Å². The number of epoxide rings is 1. The number of unbranched alkanes of at least 4 members (excludes halogenated alkanes) is 3. The molecule has 0 unspecified atom stereocenters. The van der Waals surface area contributed by atoms with E-state index in [1.807, 2.05) is 26.0 Å². The van der Waals surface area contributed by atoms with E-state index in [1.165, 1.54) is 12.0 Å². The number of nitrogens with two attached hydrogens (primary N) is 1. The summed E-state index contributed by atoms with van der Waals surface area (Å²) >= 11 is 16.7. The van der Waals surface area contributed by atoms with Crippen molar-refractivity contribution in [2.75, 3.05) is 36.2 Å². The number of nitrogens with one attached hydrogen (secondary N) is 3. The Balaban J connectivity index is 1.33. The largest absolute Gasteiger partial charge is 0.462 e. The number of carbonyl (C=O) groups excluding carboxylic acids is 8. The van der Waals surface area contributed by atoms with Crippen LogP contribution in [-0.4, -0.2) is 120 Å². The van der Waals surface area contributed by atoms with Gasteiger partial charge in [-0.15, -0.1) is 0 Å². The monoisotopic (exact) mass is 1250 g/mol. The number of ether oxygens (including phenoxy) is 4. The minimum Gasteiger partial charge on any atom is -0.462 e. The topological polar surface area (TPSA) is 262 Å². The molecule has 3 heterocycles. The number of nitrogens with zero attached hydrogens (tertiary/aromatic N) is 1. The molecule has 2 aromatic rings. The van der Waals surface area contributed by atoms with Crippen LogP contribution in [-0.2, 0) is 60.6 Å². The van der Waals surface area contributed by atoms with Gasteiger partial charge in [-0.1, -0.05) is 109 Å². The number of hydrogen-bond acceptors (Lipinski definition) is 13. The Labute approximate surface area is 498 Å². The van der Waals surface area contributed by atoms with Crippen molar-refractivity contribution >= 4 is 97.8 Å². The van der Waals surface area contributed by atoms with Crippen molar-refractivity contribution in [1.82, 2.24) is 10.6 Å². The molecular formula is C60H79BrCl2FN5O13. The summed E-state index contributed by atoms with van der Waals surface area (Å²) in [6, 6.07) is 3.79. The highest BCUT2D eigenvalue weighted by Crippen LogP contribution is 2.50. The summed E-state index contributed by atoms with van der Waals surface area (Å²) in [5.74, 6) is -5.11. The second-order valence-corrected chi connectivity index (χ2v) is 23.8. The van der Waals surface area contributed by atoms with E-state index in [9.17, 15) is 43.5 Å². The van der Waals surface area contributed by atoms with Crippen molar-refractivity contribution < 1.29 is 66.8 Å². The molecule has 3 aliphatic heterocycles. The molecule has 0 saturated carbocycles. The van der Waals surface area contributed by atoms with Crippen LogP contribution in [0.15, 0.2) is 60.2 Å². The number of amides is 5. The zero-order valence-corrected chi connectivity index (χ0v) is 51.2. The Morgan fingerprint density at radius 3 is 2.39 bits per heavy atom. The minimum atomic E-state index is -1.66. The van der Waals surface area contributed by atoms with Gasteiger partial charge in [-0.2, -0.15) is 0 Å². The normalized spacial score (nSPS) is 24.6. The van der Waals surface area contributed by atoms with E-state index in [0.717, 1.165) is 36.1 Å². The number of benzene rings is 2. The van der Waals surface area contributed by atoms with Crippen molar-refractivity contribution in [2.45, 2.75) is 173 Å². The summed E-state index contributed by atoms with van der Waals surface area (Å²) in [5, 5.41) is 20.2. The van der Waals surface area contributed by atoms with E-state index in [-0.39, 0.29) is 78.8 Å². The number of urea groups is 1. The highest BCUT2D eigenvalue weighted by atomic mass is 79.9. The van der Waals surface area contributed by atoms with Crippen molar-refractivity contribution in [3.05, 3.63) is 92.8 Å². The maximum atomic E-state index is 16.2. The number of aryl methyl sites for hydroxylation is 1. The molecule has 5 rings (SSSR count). The van der Waals surface area contributed by atoms with E-state index in [4.69, 9.17) is 47.9 Å². The first kappa shape index (κ1) is 67.3. The predicted molar refractivity (Wildman–Crippen MR) is 314 cm³/mol. The van der Waals surface area contributed by atoms with Gasteiger partial charge < -0.3 is 45.3 Å². The van der Waals surface area contributed by atoms with Crippen LogP contribution in [0, 0.1) is 30.5 Å². The number of fused-ring (bicyclic) bond motifs is 5. The lowest BCUT2D eigenvalue weighted by Gasteiger charge is -2.41. The van der Waals surface area contributed by atoms with E-state index < -0.39 is 108 Å². The number of methoxy groups -OCH3 is 1. The number of allylic oxidation sites excluding steroid dienone is 4. The van der Waals surface area contributed by atoms with Gasteiger partial charge in [-0.25, -0.2) is 14.0 Å². The molecule has 0 aliphatic carbocycles.